The third-order valence-corrected chi connectivity index (χ3v) is 11.5. The molecule has 2 bridgehead atoms. The molecule has 0 amide bonds. The highest BCUT2D eigenvalue weighted by Crippen LogP contribution is 2.73. The minimum atomic E-state index is -2.10. The number of allylic oxidation sites excluding steroid dienone is 1. The highest BCUT2D eigenvalue weighted by Gasteiger charge is 2.83. The summed E-state index contributed by atoms with van der Waals surface area (Å²) < 4.78 is 17.9. The summed E-state index contributed by atoms with van der Waals surface area (Å²) in [5.74, 6) is -6.48. The number of fused-ring (bicyclic) bond motifs is 1. The number of hydrogen-bond donors (Lipinski definition) is 8. The molecule has 17 unspecified atom stereocenters. The lowest BCUT2D eigenvalue weighted by molar-refractivity contribution is -0.346. The molecule has 6 aliphatic rings. The Bertz CT molecular complexity index is 1050. The Kier molecular flexibility index (Phi) is 6.38. The molecule has 2 saturated heterocycles. The van der Waals surface area contributed by atoms with Crippen molar-refractivity contribution in [3.63, 3.8) is 0 Å². The van der Waals surface area contributed by atoms with Crippen LogP contribution in [0.25, 0.3) is 0 Å². The standard InChI is InChI=1S/C27H40O12/c1-9-4-14(38-13-5-11(7-28)17(29)20(32)18(13)30)22(34)25(3)12(9)6-15-26-8-37-27(36,24(25)26)21(33)10(2)16(26)19(31)23(35)39-15/h4,10-22,24,28-34,36H,5-8H2,1-3H3. The first-order valence-electron chi connectivity index (χ1n) is 13.8. The second-order valence-corrected chi connectivity index (χ2v) is 13.1. The number of carbonyl (C=O) groups is 1. The van der Waals surface area contributed by atoms with Gasteiger partial charge >= 0.3 is 5.97 Å². The first kappa shape index (κ1) is 28.0. The fraction of sp³-hybridized carbons (Fsp3) is 0.889. The molecule has 5 fully saturated rings. The van der Waals surface area contributed by atoms with E-state index in [-0.39, 0.29) is 13.0 Å². The van der Waals surface area contributed by atoms with E-state index in [4.69, 9.17) is 14.2 Å². The zero-order chi connectivity index (χ0) is 28.4. The Morgan fingerprint density at radius 2 is 1.74 bits per heavy atom. The number of rotatable bonds is 3. The Morgan fingerprint density at radius 3 is 2.41 bits per heavy atom. The Hall–Kier alpha value is -1.19. The van der Waals surface area contributed by atoms with Crippen molar-refractivity contribution in [1.29, 1.82) is 0 Å². The molecule has 6 rings (SSSR count). The van der Waals surface area contributed by atoms with Crippen LogP contribution in [-0.2, 0) is 19.0 Å². The number of ether oxygens (including phenoxy) is 3. The third-order valence-electron chi connectivity index (χ3n) is 11.5. The average molecular weight is 557 g/mol. The van der Waals surface area contributed by atoms with E-state index in [1.165, 1.54) is 0 Å². The molecule has 2 aliphatic heterocycles. The molecule has 17 atom stereocenters. The summed E-state index contributed by atoms with van der Waals surface area (Å²) in [4.78, 5) is 12.7. The van der Waals surface area contributed by atoms with Gasteiger partial charge in [0.25, 0.3) is 0 Å². The molecule has 4 aliphatic carbocycles. The van der Waals surface area contributed by atoms with Gasteiger partial charge in [-0.15, -0.1) is 0 Å². The maximum atomic E-state index is 12.7. The van der Waals surface area contributed by atoms with Gasteiger partial charge in [-0.3, -0.25) is 0 Å². The lowest BCUT2D eigenvalue weighted by atomic mass is 9.38. The molecule has 8 N–H and O–H groups in total. The van der Waals surface area contributed by atoms with Crippen LogP contribution in [0.2, 0.25) is 0 Å². The van der Waals surface area contributed by atoms with Crippen LogP contribution in [-0.4, -0.2) is 121 Å². The number of hydrogen-bond acceptors (Lipinski definition) is 12. The van der Waals surface area contributed by atoms with Crippen LogP contribution in [0.15, 0.2) is 11.6 Å². The Labute approximate surface area is 225 Å². The predicted molar refractivity (Wildman–Crippen MR) is 129 cm³/mol. The van der Waals surface area contributed by atoms with Crippen molar-refractivity contribution in [3.8, 4) is 0 Å². The second kappa shape index (κ2) is 8.90. The molecule has 3 saturated carbocycles. The van der Waals surface area contributed by atoms with Gasteiger partial charge in [0.15, 0.2) is 11.9 Å². The van der Waals surface area contributed by atoms with E-state index >= 15 is 0 Å². The van der Waals surface area contributed by atoms with Crippen LogP contribution < -0.4 is 0 Å². The Morgan fingerprint density at radius 1 is 1.05 bits per heavy atom. The summed E-state index contributed by atoms with van der Waals surface area (Å²) in [6.45, 7) is 4.77. The number of aliphatic hydroxyl groups excluding tert-OH is 7. The lowest BCUT2D eigenvalue weighted by Gasteiger charge is -2.68. The van der Waals surface area contributed by atoms with Gasteiger partial charge < -0.3 is 55.1 Å². The molecular weight excluding hydrogens is 516 g/mol. The van der Waals surface area contributed by atoms with Gasteiger partial charge in [-0.05, 0) is 31.6 Å². The zero-order valence-electron chi connectivity index (χ0n) is 22.2. The minimum Gasteiger partial charge on any atom is -0.460 e. The van der Waals surface area contributed by atoms with Gasteiger partial charge in [-0.25, -0.2) is 4.79 Å². The van der Waals surface area contributed by atoms with Crippen molar-refractivity contribution in [2.45, 2.75) is 94.3 Å². The first-order valence-corrected chi connectivity index (χ1v) is 13.8. The highest BCUT2D eigenvalue weighted by atomic mass is 16.7. The van der Waals surface area contributed by atoms with Gasteiger partial charge in [0.05, 0.1) is 24.9 Å². The van der Waals surface area contributed by atoms with Gasteiger partial charge in [0.1, 0.15) is 30.5 Å². The molecular formula is C27H40O12. The molecule has 220 valence electrons. The summed E-state index contributed by atoms with van der Waals surface area (Å²) >= 11 is 0. The highest BCUT2D eigenvalue weighted by molar-refractivity contribution is 5.76. The number of esters is 1. The summed E-state index contributed by atoms with van der Waals surface area (Å²) in [6.07, 6.45) is -9.36. The van der Waals surface area contributed by atoms with Crippen molar-refractivity contribution in [2.75, 3.05) is 13.2 Å². The second-order valence-electron chi connectivity index (χ2n) is 13.1. The molecule has 12 heteroatoms. The van der Waals surface area contributed by atoms with E-state index in [0.717, 1.165) is 5.57 Å². The van der Waals surface area contributed by atoms with Gasteiger partial charge in [0.2, 0.25) is 0 Å². The SMILES string of the molecule is CC1=CC(OC2CC(CO)C(O)C(O)C2O)C(O)C2(C)C1CC1OC(=O)C(O)C3C(C)C(O)C4(O)OCC13C42. The number of aliphatic hydroxyl groups is 8. The normalized spacial score (nSPS) is 60.2. The molecule has 12 nitrogen and oxygen atoms in total. The van der Waals surface area contributed by atoms with Crippen molar-refractivity contribution < 1.29 is 59.9 Å². The van der Waals surface area contributed by atoms with Crippen molar-refractivity contribution in [1.82, 2.24) is 0 Å². The van der Waals surface area contributed by atoms with E-state index in [1.54, 1.807) is 19.9 Å². The van der Waals surface area contributed by atoms with Gasteiger partial charge in [-0.2, -0.15) is 0 Å². The molecule has 1 spiro atoms. The van der Waals surface area contributed by atoms with Crippen LogP contribution in [0.5, 0.6) is 0 Å². The largest absolute Gasteiger partial charge is 0.460 e. The van der Waals surface area contributed by atoms with Crippen LogP contribution in [0.1, 0.15) is 33.6 Å². The van der Waals surface area contributed by atoms with Crippen LogP contribution in [0, 0.1) is 40.4 Å². The lowest BCUT2D eigenvalue weighted by Crippen LogP contribution is -2.78. The quantitative estimate of drug-likeness (QED) is 0.133. The topological polar surface area (TPSA) is 207 Å². The van der Waals surface area contributed by atoms with E-state index in [9.17, 15) is 45.6 Å². The fourth-order valence-corrected chi connectivity index (χ4v) is 9.69. The van der Waals surface area contributed by atoms with Gasteiger partial charge in [-0.1, -0.05) is 25.5 Å². The predicted octanol–water partition coefficient (Wildman–Crippen LogP) is -2.58. The molecule has 0 aromatic heterocycles. The summed E-state index contributed by atoms with van der Waals surface area (Å²) in [6, 6.07) is 0. The smallest absolute Gasteiger partial charge is 0.335 e. The summed E-state index contributed by atoms with van der Waals surface area (Å²) in [5, 5.41) is 87.2. The van der Waals surface area contributed by atoms with Crippen molar-refractivity contribution >= 4 is 5.97 Å². The summed E-state index contributed by atoms with van der Waals surface area (Å²) in [7, 11) is 0. The summed E-state index contributed by atoms with van der Waals surface area (Å²) in [5.41, 5.74) is -1.49. The van der Waals surface area contributed by atoms with E-state index < -0.39 is 114 Å². The average Bonchev–Trinajstić information content (AvgIpc) is 3.18. The fourth-order valence-electron chi connectivity index (χ4n) is 9.69. The Balaban J connectivity index is 1.42. The number of carbonyl (C=O) groups excluding carboxylic acids is 1. The molecule has 39 heavy (non-hydrogen) atoms. The van der Waals surface area contributed by atoms with Crippen LogP contribution in [0.3, 0.4) is 0 Å². The zero-order valence-corrected chi connectivity index (χ0v) is 22.2. The van der Waals surface area contributed by atoms with E-state index in [0.29, 0.717) is 6.42 Å². The molecule has 0 radical (unpaired) electrons. The van der Waals surface area contributed by atoms with E-state index in [1.807, 2.05) is 6.92 Å². The monoisotopic (exact) mass is 556 g/mol. The van der Waals surface area contributed by atoms with Crippen molar-refractivity contribution in [2.24, 2.45) is 40.4 Å². The first-order chi connectivity index (χ1) is 18.2. The molecule has 0 aromatic carbocycles. The third kappa shape index (κ3) is 3.33. The maximum Gasteiger partial charge on any atom is 0.335 e. The molecule has 0 aromatic rings. The van der Waals surface area contributed by atoms with E-state index in [2.05, 4.69) is 0 Å². The van der Waals surface area contributed by atoms with Crippen LogP contribution >= 0.6 is 0 Å². The maximum absolute atomic E-state index is 12.7. The molecule has 2 heterocycles. The van der Waals surface area contributed by atoms with Crippen molar-refractivity contribution in [3.05, 3.63) is 11.6 Å². The van der Waals surface area contributed by atoms with Crippen LogP contribution in [0.4, 0.5) is 0 Å². The minimum absolute atomic E-state index is 0.0368. The van der Waals surface area contributed by atoms with Gasteiger partial charge in [0, 0.05) is 35.2 Å².